The standard InChI is InChI=1S/C44H69NO12/c1-10-13-31-19-25(2)18-26(3)20-37(54-8)40-38(55-9)22-28(5)44(52,57-40)41(49)42(50)45-17-12-11-14-32(45)43(51)56-39(29(6)34(47)24-35(31)48)27(4)21-30-15-16-33(46)36(23-30)53-7/h10,19,21,26,28-34,36-40,46-47,52H,1,11-18,20,22-24H2,2-9H3/b25-19-,27-21+/t26-,28-,29-,30+,31+,32?,33-,34+,36-,37-,38+,39-,40+,44-/m1/s1. The number of cyclic esters (lactones) is 1. The van der Waals surface area contributed by atoms with Crippen LogP contribution in [0, 0.1) is 29.6 Å². The van der Waals surface area contributed by atoms with E-state index in [1.165, 1.54) is 19.1 Å². The molecule has 1 amide bonds. The number of allylic oxidation sites excluding steroid dienone is 4. The Morgan fingerprint density at radius 1 is 0.930 bits per heavy atom. The lowest BCUT2D eigenvalue weighted by molar-refractivity contribution is -0.302. The second-order valence-corrected chi connectivity index (χ2v) is 17.3. The van der Waals surface area contributed by atoms with Crippen molar-refractivity contribution in [3.63, 3.8) is 0 Å². The minimum atomic E-state index is -2.51. The van der Waals surface area contributed by atoms with E-state index in [4.69, 9.17) is 23.7 Å². The molecule has 4 aliphatic rings. The molecule has 3 fully saturated rings. The zero-order valence-corrected chi connectivity index (χ0v) is 35.4. The molecule has 322 valence electrons. The van der Waals surface area contributed by atoms with Crippen LogP contribution in [0.15, 0.2) is 36.0 Å². The first-order valence-corrected chi connectivity index (χ1v) is 20.9. The topological polar surface area (TPSA) is 178 Å². The van der Waals surface area contributed by atoms with Crippen molar-refractivity contribution < 1.29 is 58.2 Å². The number of esters is 1. The predicted molar refractivity (Wildman–Crippen MR) is 213 cm³/mol. The van der Waals surface area contributed by atoms with Gasteiger partial charge < -0.3 is 43.9 Å². The zero-order valence-electron chi connectivity index (χ0n) is 35.4. The van der Waals surface area contributed by atoms with Crippen LogP contribution in [-0.4, -0.2) is 126 Å². The van der Waals surface area contributed by atoms with Crippen LogP contribution in [0.5, 0.6) is 0 Å². The van der Waals surface area contributed by atoms with Crippen molar-refractivity contribution in [2.24, 2.45) is 29.6 Å². The Morgan fingerprint density at radius 3 is 2.25 bits per heavy atom. The van der Waals surface area contributed by atoms with Gasteiger partial charge in [-0.25, -0.2) is 4.79 Å². The number of methoxy groups -OCH3 is 3. The average molecular weight is 804 g/mol. The Labute approximate surface area is 339 Å². The molecule has 4 rings (SSSR count). The lowest BCUT2D eigenvalue weighted by Crippen LogP contribution is -2.64. The molecule has 13 nitrogen and oxygen atoms in total. The number of hydrogen-bond donors (Lipinski definition) is 3. The number of ether oxygens (including phenoxy) is 5. The van der Waals surface area contributed by atoms with Crippen molar-refractivity contribution in [2.45, 2.75) is 160 Å². The molecule has 1 aliphatic carbocycles. The summed E-state index contributed by atoms with van der Waals surface area (Å²) in [7, 11) is 4.61. The van der Waals surface area contributed by atoms with Crippen LogP contribution in [0.3, 0.4) is 0 Å². The SMILES string of the molecule is C=CC[C@H]1/C=C(/C)C[C@@H](C)C[C@@H](OC)[C@@H]2O[C@@](O)(C(=O)C(=O)N3CCCCC3C(=O)O[C@H](/C(C)=C/[C@@H]3CC[C@@H](O)[C@H](OC)C3)[C@H](C)[C@@H](O)CC1=O)[C@H](C)C[C@@H]2OC. The second-order valence-electron chi connectivity index (χ2n) is 17.3. The number of nitrogens with zero attached hydrogens (tertiary/aromatic N) is 1. The van der Waals surface area contributed by atoms with Gasteiger partial charge in [0.25, 0.3) is 11.7 Å². The lowest BCUT2D eigenvalue weighted by atomic mass is 9.81. The van der Waals surface area contributed by atoms with Gasteiger partial charge in [-0.3, -0.25) is 14.4 Å². The highest BCUT2D eigenvalue weighted by Gasteiger charge is 2.56. The molecule has 3 aliphatic heterocycles. The third-order valence-corrected chi connectivity index (χ3v) is 12.9. The van der Waals surface area contributed by atoms with Crippen molar-refractivity contribution in [3.8, 4) is 0 Å². The Hall–Kier alpha value is -2.78. The number of ketones is 2. The van der Waals surface area contributed by atoms with E-state index in [9.17, 15) is 34.5 Å². The average Bonchev–Trinajstić information content (AvgIpc) is 3.18. The summed E-state index contributed by atoms with van der Waals surface area (Å²) in [6, 6.07) is -1.14. The smallest absolute Gasteiger partial charge is 0.329 e. The molecule has 0 spiro atoms. The number of carbonyl (C=O) groups is 4. The van der Waals surface area contributed by atoms with E-state index < -0.39 is 83.9 Å². The molecule has 14 atom stereocenters. The molecular weight excluding hydrogens is 734 g/mol. The first kappa shape index (κ1) is 46.9. The van der Waals surface area contributed by atoms with E-state index in [0.717, 1.165) is 5.57 Å². The molecule has 3 N–H and O–H groups in total. The third kappa shape index (κ3) is 11.3. The van der Waals surface area contributed by atoms with Crippen LogP contribution in [0.25, 0.3) is 0 Å². The van der Waals surface area contributed by atoms with Crippen LogP contribution in [-0.2, 0) is 42.9 Å². The summed E-state index contributed by atoms with van der Waals surface area (Å²) >= 11 is 0. The lowest BCUT2D eigenvalue weighted by Gasteiger charge is -2.47. The second kappa shape index (κ2) is 21.0. The van der Waals surface area contributed by atoms with Crippen LogP contribution in [0.1, 0.15) is 105 Å². The summed E-state index contributed by atoms with van der Waals surface area (Å²) in [5.74, 6) is -7.76. The van der Waals surface area contributed by atoms with Crippen molar-refractivity contribution in [3.05, 3.63) is 36.0 Å². The van der Waals surface area contributed by atoms with Gasteiger partial charge in [0.2, 0.25) is 5.79 Å². The molecule has 13 heteroatoms. The maximum absolute atomic E-state index is 14.3. The van der Waals surface area contributed by atoms with Crippen molar-refractivity contribution in [2.75, 3.05) is 27.9 Å². The first-order chi connectivity index (χ1) is 27.0. The van der Waals surface area contributed by atoms with Gasteiger partial charge in [0.05, 0.1) is 30.5 Å². The van der Waals surface area contributed by atoms with Gasteiger partial charge in [0.1, 0.15) is 24.0 Å². The quantitative estimate of drug-likeness (QED) is 0.185. The molecule has 0 radical (unpaired) electrons. The van der Waals surface area contributed by atoms with E-state index >= 15 is 0 Å². The minimum absolute atomic E-state index is 0.00988. The van der Waals surface area contributed by atoms with E-state index in [2.05, 4.69) is 6.58 Å². The van der Waals surface area contributed by atoms with Crippen LogP contribution >= 0.6 is 0 Å². The number of Topliss-reactive ketones (excluding diaryl/α,β-unsaturated/α-hetero) is 2. The van der Waals surface area contributed by atoms with E-state index in [1.54, 1.807) is 27.0 Å². The van der Waals surface area contributed by atoms with E-state index in [1.807, 2.05) is 32.9 Å². The van der Waals surface area contributed by atoms with Gasteiger partial charge in [-0.05, 0) is 95.5 Å². The predicted octanol–water partition coefficient (Wildman–Crippen LogP) is 4.64. The number of fused-ring (bicyclic) bond motifs is 3. The first-order valence-electron chi connectivity index (χ1n) is 20.9. The molecule has 2 bridgehead atoms. The number of rotatable bonds is 7. The van der Waals surface area contributed by atoms with E-state index in [-0.39, 0.29) is 49.5 Å². The van der Waals surface area contributed by atoms with Crippen LogP contribution in [0.4, 0.5) is 0 Å². The number of piperidine rings is 1. The summed E-state index contributed by atoms with van der Waals surface area (Å²) < 4.78 is 29.7. The van der Waals surface area contributed by atoms with Gasteiger partial charge in [0.15, 0.2) is 0 Å². The van der Waals surface area contributed by atoms with Gasteiger partial charge in [-0.1, -0.05) is 44.6 Å². The van der Waals surface area contributed by atoms with Crippen molar-refractivity contribution in [1.29, 1.82) is 0 Å². The molecule has 57 heavy (non-hydrogen) atoms. The fourth-order valence-electron chi connectivity index (χ4n) is 9.42. The molecule has 1 unspecified atom stereocenters. The highest BCUT2D eigenvalue weighted by atomic mass is 16.7. The minimum Gasteiger partial charge on any atom is -0.456 e. The molecule has 2 saturated heterocycles. The molecule has 0 aromatic carbocycles. The maximum Gasteiger partial charge on any atom is 0.329 e. The number of aliphatic hydroxyl groups excluding tert-OH is 2. The zero-order chi connectivity index (χ0) is 42.2. The van der Waals surface area contributed by atoms with Gasteiger partial charge in [0, 0.05) is 52.0 Å². The van der Waals surface area contributed by atoms with Crippen LogP contribution < -0.4 is 0 Å². The summed E-state index contributed by atoms with van der Waals surface area (Å²) in [5.41, 5.74) is 1.61. The normalized spacial score (nSPS) is 41.0. The number of amides is 1. The maximum atomic E-state index is 14.3. The van der Waals surface area contributed by atoms with Crippen molar-refractivity contribution >= 4 is 23.4 Å². The van der Waals surface area contributed by atoms with Gasteiger partial charge in [-0.2, -0.15) is 0 Å². The fourth-order valence-corrected chi connectivity index (χ4v) is 9.42. The Kier molecular flexibility index (Phi) is 17.2. The number of carbonyl (C=O) groups excluding carboxylic acids is 4. The summed E-state index contributed by atoms with van der Waals surface area (Å²) in [4.78, 5) is 57.8. The Balaban J connectivity index is 1.78. The monoisotopic (exact) mass is 803 g/mol. The highest BCUT2D eigenvalue weighted by molar-refractivity contribution is 6.39. The number of aliphatic hydroxyl groups is 3. The van der Waals surface area contributed by atoms with Crippen LogP contribution in [0.2, 0.25) is 0 Å². The van der Waals surface area contributed by atoms with Gasteiger partial charge in [-0.15, -0.1) is 6.58 Å². The third-order valence-electron chi connectivity index (χ3n) is 12.9. The fraction of sp³-hybridized carbons (Fsp3) is 0.773. The molecule has 3 heterocycles. The highest BCUT2D eigenvalue weighted by Crippen LogP contribution is 2.39. The van der Waals surface area contributed by atoms with Gasteiger partial charge >= 0.3 is 5.97 Å². The Morgan fingerprint density at radius 2 is 1.60 bits per heavy atom. The molecule has 0 aromatic rings. The Bertz CT molecular complexity index is 1480. The van der Waals surface area contributed by atoms with E-state index in [0.29, 0.717) is 56.9 Å². The molecule has 1 saturated carbocycles. The summed E-state index contributed by atoms with van der Waals surface area (Å²) in [5, 5.41) is 34.1. The summed E-state index contributed by atoms with van der Waals surface area (Å²) in [6.45, 7) is 13.1. The summed E-state index contributed by atoms with van der Waals surface area (Å²) in [6.07, 6.45) is 4.93. The molecular formula is C44H69NO12. The van der Waals surface area contributed by atoms with Crippen molar-refractivity contribution in [1.82, 2.24) is 4.90 Å². The molecule has 0 aromatic heterocycles. The largest absolute Gasteiger partial charge is 0.456 e. The number of hydrogen-bond acceptors (Lipinski definition) is 12.